The Labute approximate surface area is 236 Å². The molecule has 0 saturated carbocycles. The molecule has 0 N–H and O–H groups in total. The molecule has 6 atom stereocenters. The molecule has 1 aromatic carbocycles. The quantitative estimate of drug-likeness (QED) is 0.160. The Morgan fingerprint density at radius 2 is 0.658 bits per heavy atom. The van der Waals surface area contributed by atoms with Gasteiger partial charge < -0.3 is 26.6 Å². The van der Waals surface area contributed by atoms with E-state index in [0.717, 1.165) is 48.9 Å². The lowest BCUT2D eigenvalue weighted by Gasteiger charge is -2.38. The molecule has 1 aromatic rings. The van der Waals surface area contributed by atoms with Gasteiger partial charge in [-0.2, -0.15) is 0 Å². The highest BCUT2D eigenvalue weighted by Crippen LogP contribution is 2.24. The second-order valence-electron chi connectivity index (χ2n) is 10.7. The standard InChI is InChI=1S/C30H58O6Si2/c1-13-23(7)31-37(32-24(8)14-2,33-25(9)15-3)29-20-19-21-30(22-29)38(34-26(10)16-4,35-27(11)17-5)36-28(12)18-6/h19-28H,13-18H2,1-12H3. The summed E-state index contributed by atoms with van der Waals surface area (Å²) in [6.07, 6.45) is 5.15. The highest BCUT2D eigenvalue weighted by atomic mass is 28.4. The topological polar surface area (TPSA) is 55.4 Å². The van der Waals surface area contributed by atoms with Crippen LogP contribution in [0.3, 0.4) is 0 Å². The lowest BCUT2D eigenvalue weighted by Crippen LogP contribution is -2.64. The Morgan fingerprint density at radius 1 is 0.447 bits per heavy atom. The van der Waals surface area contributed by atoms with Gasteiger partial charge in [-0.25, -0.2) is 0 Å². The smallest absolute Gasteiger partial charge is 0.367 e. The molecule has 0 amide bonds. The molecule has 0 saturated heterocycles. The monoisotopic (exact) mass is 570 g/mol. The first-order valence-electron chi connectivity index (χ1n) is 15.1. The molecule has 0 aliphatic rings. The van der Waals surface area contributed by atoms with Crippen LogP contribution in [-0.2, 0) is 26.6 Å². The van der Waals surface area contributed by atoms with E-state index < -0.39 is 17.6 Å². The van der Waals surface area contributed by atoms with Crippen LogP contribution in [0, 0.1) is 0 Å². The van der Waals surface area contributed by atoms with Crippen LogP contribution in [0.1, 0.15) is 122 Å². The van der Waals surface area contributed by atoms with E-state index in [1.54, 1.807) is 0 Å². The van der Waals surface area contributed by atoms with Gasteiger partial charge in [0.25, 0.3) is 0 Å². The van der Waals surface area contributed by atoms with Gasteiger partial charge in [-0.3, -0.25) is 0 Å². The first-order valence-corrected chi connectivity index (χ1v) is 18.6. The van der Waals surface area contributed by atoms with Crippen molar-refractivity contribution in [2.45, 2.75) is 158 Å². The fourth-order valence-corrected chi connectivity index (χ4v) is 10.3. The summed E-state index contributed by atoms with van der Waals surface area (Å²) in [5, 5.41) is 1.86. The van der Waals surface area contributed by atoms with E-state index in [2.05, 4.69) is 101 Å². The Bertz CT molecular complexity index is 657. The fraction of sp³-hybridized carbons (Fsp3) is 0.800. The van der Waals surface area contributed by atoms with Gasteiger partial charge in [-0.15, -0.1) is 0 Å². The average Bonchev–Trinajstić information content (AvgIpc) is 2.92. The summed E-state index contributed by atoms with van der Waals surface area (Å²) in [7, 11) is -6.65. The second-order valence-corrected chi connectivity index (χ2v) is 15.5. The second kappa shape index (κ2) is 17.3. The lowest BCUT2D eigenvalue weighted by atomic mass is 10.3. The zero-order valence-electron chi connectivity index (χ0n) is 26.5. The molecular formula is C30H58O6Si2. The molecule has 1 rings (SSSR count). The van der Waals surface area contributed by atoms with Crippen molar-refractivity contribution in [3.05, 3.63) is 24.3 Å². The molecule has 222 valence electrons. The molecule has 0 aliphatic carbocycles. The van der Waals surface area contributed by atoms with Gasteiger partial charge in [0, 0.05) is 47.0 Å². The van der Waals surface area contributed by atoms with Crippen LogP contribution in [0.4, 0.5) is 0 Å². The zero-order valence-corrected chi connectivity index (χ0v) is 28.5. The van der Waals surface area contributed by atoms with Crippen LogP contribution < -0.4 is 10.4 Å². The van der Waals surface area contributed by atoms with E-state index in [0.29, 0.717) is 0 Å². The Kier molecular flexibility index (Phi) is 16.1. The van der Waals surface area contributed by atoms with Crippen molar-refractivity contribution in [2.24, 2.45) is 0 Å². The number of hydrogen-bond donors (Lipinski definition) is 0. The third-order valence-corrected chi connectivity index (χ3v) is 13.5. The molecule has 0 bridgehead atoms. The fourth-order valence-electron chi connectivity index (χ4n) is 3.56. The molecule has 0 spiro atoms. The minimum absolute atomic E-state index is 0.00970. The Hall–Kier alpha value is -0.586. The van der Waals surface area contributed by atoms with Crippen LogP contribution in [0.25, 0.3) is 0 Å². The summed E-state index contributed by atoms with van der Waals surface area (Å²) < 4.78 is 40.7. The van der Waals surface area contributed by atoms with Gasteiger partial charge in [0.05, 0.1) is 0 Å². The third-order valence-electron chi connectivity index (χ3n) is 7.16. The van der Waals surface area contributed by atoms with Gasteiger partial charge in [0.1, 0.15) is 0 Å². The van der Waals surface area contributed by atoms with Crippen molar-refractivity contribution in [3.8, 4) is 0 Å². The average molecular weight is 571 g/mol. The van der Waals surface area contributed by atoms with E-state index in [4.69, 9.17) is 26.6 Å². The zero-order chi connectivity index (χ0) is 28.9. The molecule has 6 nitrogen and oxygen atoms in total. The highest BCUT2D eigenvalue weighted by molar-refractivity contribution is 6.78. The van der Waals surface area contributed by atoms with Crippen LogP contribution in [0.15, 0.2) is 24.3 Å². The predicted octanol–water partition coefficient (Wildman–Crippen LogP) is 6.87. The summed E-state index contributed by atoms with van der Waals surface area (Å²) in [6, 6.07) is 8.35. The summed E-state index contributed by atoms with van der Waals surface area (Å²) in [5.74, 6) is 0. The van der Waals surface area contributed by atoms with E-state index in [1.165, 1.54) is 0 Å². The van der Waals surface area contributed by atoms with Gasteiger partial charge in [0.2, 0.25) is 0 Å². The van der Waals surface area contributed by atoms with E-state index in [1.807, 2.05) is 6.07 Å². The van der Waals surface area contributed by atoms with Gasteiger partial charge in [0.15, 0.2) is 0 Å². The van der Waals surface area contributed by atoms with Crippen molar-refractivity contribution < 1.29 is 26.6 Å². The van der Waals surface area contributed by atoms with Crippen LogP contribution in [-0.4, -0.2) is 54.2 Å². The summed E-state index contributed by atoms with van der Waals surface area (Å²) in [5.41, 5.74) is 0. The Morgan fingerprint density at radius 3 is 0.842 bits per heavy atom. The van der Waals surface area contributed by atoms with Crippen LogP contribution in [0.2, 0.25) is 0 Å². The Balaban J connectivity index is 3.88. The maximum Gasteiger partial charge on any atom is 0.537 e. The maximum absolute atomic E-state index is 6.78. The number of benzene rings is 1. The van der Waals surface area contributed by atoms with E-state index in [-0.39, 0.29) is 36.6 Å². The first kappa shape index (κ1) is 35.4. The number of rotatable bonds is 20. The highest BCUT2D eigenvalue weighted by Gasteiger charge is 2.52. The lowest BCUT2D eigenvalue weighted by molar-refractivity contribution is 0.000608. The van der Waals surface area contributed by atoms with Gasteiger partial charge in [-0.1, -0.05) is 59.7 Å². The SMILES string of the molecule is CCC(C)O[Si](OC(C)CC)(OC(C)CC)c1cccc([Si](OC(C)CC)(OC(C)CC)OC(C)CC)c1. The van der Waals surface area contributed by atoms with E-state index in [9.17, 15) is 0 Å². The molecule has 0 aromatic heterocycles. The van der Waals surface area contributed by atoms with Crippen molar-refractivity contribution in [2.75, 3.05) is 0 Å². The largest absolute Gasteiger partial charge is 0.537 e. The van der Waals surface area contributed by atoms with Crippen molar-refractivity contribution in [1.29, 1.82) is 0 Å². The minimum atomic E-state index is -3.32. The molecule has 8 heteroatoms. The summed E-state index contributed by atoms with van der Waals surface area (Å²) in [4.78, 5) is 0. The van der Waals surface area contributed by atoms with Crippen molar-refractivity contribution >= 4 is 28.0 Å². The molecule has 0 radical (unpaired) electrons. The van der Waals surface area contributed by atoms with Crippen molar-refractivity contribution in [1.82, 2.24) is 0 Å². The minimum Gasteiger partial charge on any atom is -0.367 e. The molecule has 0 aliphatic heterocycles. The molecule has 38 heavy (non-hydrogen) atoms. The predicted molar refractivity (Wildman–Crippen MR) is 162 cm³/mol. The van der Waals surface area contributed by atoms with Crippen LogP contribution >= 0.6 is 0 Å². The van der Waals surface area contributed by atoms with Gasteiger partial charge >= 0.3 is 17.6 Å². The third kappa shape index (κ3) is 10.4. The molecular weight excluding hydrogens is 512 g/mol. The molecule has 0 heterocycles. The summed E-state index contributed by atoms with van der Waals surface area (Å²) >= 11 is 0. The van der Waals surface area contributed by atoms with Crippen LogP contribution in [0.5, 0.6) is 0 Å². The normalized spacial score (nSPS) is 20.1. The van der Waals surface area contributed by atoms with Gasteiger partial charge in [-0.05, 0) is 86.1 Å². The molecule has 0 fully saturated rings. The summed E-state index contributed by atoms with van der Waals surface area (Å²) in [6.45, 7) is 25.3. The maximum atomic E-state index is 6.78. The number of hydrogen-bond acceptors (Lipinski definition) is 6. The van der Waals surface area contributed by atoms with Crippen molar-refractivity contribution in [3.63, 3.8) is 0 Å². The molecule has 6 unspecified atom stereocenters. The first-order chi connectivity index (χ1) is 17.9. The van der Waals surface area contributed by atoms with E-state index >= 15 is 0 Å².